The number of ether oxygens (including phenoxy) is 1. The van der Waals surface area contributed by atoms with Gasteiger partial charge in [-0.15, -0.1) is 0 Å². The topological polar surface area (TPSA) is 55.5 Å². The third-order valence-corrected chi connectivity index (χ3v) is 3.28. The maximum Gasteiger partial charge on any atom is 0.158 e. The quantitative estimate of drug-likeness (QED) is 0.864. The fourth-order valence-corrected chi connectivity index (χ4v) is 2.05. The Bertz CT molecular complexity index is 501. The molecule has 0 spiro atoms. The second kappa shape index (κ2) is 5.87. The van der Waals surface area contributed by atoms with E-state index >= 15 is 0 Å². The molecule has 0 radical (unpaired) electrons. The highest BCUT2D eigenvalue weighted by Crippen LogP contribution is 2.31. The summed E-state index contributed by atoms with van der Waals surface area (Å²) in [5.74, 6) is 0.710. The van der Waals surface area contributed by atoms with Crippen LogP contribution in [0.2, 0.25) is 0 Å². The summed E-state index contributed by atoms with van der Waals surface area (Å²) in [7, 11) is 0. The molecule has 0 aliphatic rings. The lowest BCUT2D eigenvalue weighted by molar-refractivity contribution is -0.0410. The minimum absolute atomic E-state index is 0.137. The van der Waals surface area contributed by atoms with Crippen LogP contribution in [0.25, 0.3) is 0 Å². The van der Waals surface area contributed by atoms with Crippen molar-refractivity contribution in [2.24, 2.45) is 5.73 Å². The van der Waals surface area contributed by atoms with Gasteiger partial charge < -0.3 is 15.6 Å². The highest BCUT2D eigenvalue weighted by atomic mass is 16.5. The molecule has 0 heterocycles. The third-order valence-electron chi connectivity index (χ3n) is 3.28. The van der Waals surface area contributed by atoms with Gasteiger partial charge in [-0.1, -0.05) is 48.5 Å². The van der Waals surface area contributed by atoms with Crippen molar-refractivity contribution in [3.8, 4) is 5.75 Å². The molecular weight excluding hydrogens is 238 g/mol. The van der Waals surface area contributed by atoms with Gasteiger partial charge in [0.25, 0.3) is 0 Å². The van der Waals surface area contributed by atoms with Crippen molar-refractivity contribution < 1.29 is 9.84 Å². The largest absolute Gasteiger partial charge is 0.480 e. The lowest BCUT2D eigenvalue weighted by Crippen LogP contribution is -2.46. The summed E-state index contributed by atoms with van der Waals surface area (Å²) in [5, 5.41) is 10.2. The van der Waals surface area contributed by atoms with Crippen LogP contribution in [-0.2, 0) is 5.60 Å². The molecule has 2 aromatic rings. The molecule has 19 heavy (non-hydrogen) atoms. The fourth-order valence-electron chi connectivity index (χ4n) is 2.05. The average Bonchev–Trinajstić information content (AvgIpc) is 2.48. The van der Waals surface area contributed by atoms with E-state index in [-0.39, 0.29) is 6.54 Å². The van der Waals surface area contributed by atoms with E-state index in [0.717, 1.165) is 5.56 Å². The molecule has 2 unspecified atom stereocenters. The summed E-state index contributed by atoms with van der Waals surface area (Å²) in [6.07, 6.45) is -0.782. The van der Waals surface area contributed by atoms with Crippen LogP contribution in [0.3, 0.4) is 0 Å². The van der Waals surface area contributed by atoms with Crippen molar-refractivity contribution in [1.82, 2.24) is 0 Å². The van der Waals surface area contributed by atoms with E-state index in [2.05, 4.69) is 0 Å². The molecule has 0 amide bonds. The van der Waals surface area contributed by atoms with Crippen LogP contribution in [0.4, 0.5) is 0 Å². The number of para-hydroxylation sites is 1. The number of hydrogen-bond donors (Lipinski definition) is 2. The van der Waals surface area contributed by atoms with Crippen LogP contribution >= 0.6 is 0 Å². The molecule has 100 valence electrons. The lowest BCUT2D eigenvalue weighted by Gasteiger charge is -2.35. The van der Waals surface area contributed by atoms with Crippen molar-refractivity contribution in [1.29, 1.82) is 0 Å². The van der Waals surface area contributed by atoms with Crippen molar-refractivity contribution in [2.45, 2.75) is 18.6 Å². The van der Waals surface area contributed by atoms with Gasteiger partial charge in [0.15, 0.2) is 5.60 Å². The van der Waals surface area contributed by atoms with Gasteiger partial charge >= 0.3 is 0 Å². The van der Waals surface area contributed by atoms with Crippen LogP contribution in [0.1, 0.15) is 12.5 Å². The van der Waals surface area contributed by atoms with Crippen molar-refractivity contribution in [2.75, 3.05) is 6.54 Å². The molecule has 2 aromatic carbocycles. The summed E-state index contributed by atoms with van der Waals surface area (Å²) in [6, 6.07) is 19.1. The Morgan fingerprint density at radius 1 is 1.05 bits per heavy atom. The first kappa shape index (κ1) is 13.6. The highest BCUT2D eigenvalue weighted by molar-refractivity contribution is 5.28. The van der Waals surface area contributed by atoms with Crippen molar-refractivity contribution in [3.05, 3.63) is 66.2 Å². The van der Waals surface area contributed by atoms with Crippen LogP contribution in [0.5, 0.6) is 5.75 Å². The normalized spacial score (nSPS) is 15.5. The van der Waals surface area contributed by atoms with Crippen LogP contribution in [0.15, 0.2) is 60.7 Å². The second-order valence-electron chi connectivity index (χ2n) is 4.64. The molecule has 3 heteroatoms. The van der Waals surface area contributed by atoms with E-state index in [1.54, 1.807) is 0 Å². The zero-order valence-corrected chi connectivity index (χ0v) is 11.0. The van der Waals surface area contributed by atoms with Crippen LogP contribution in [-0.4, -0.2) is 17.8 Å². The number of nitrogens with two attached hydrogens (primary N) is 1. The first-order valence-electron chi connectivity index (χ1n) is 6.34. The molecule has 0 aromatic heterocycles. The molecule has 2 atom stereocenters. The molecule has 3 nitrogen and oxygen atoms in total. The molecule has 0 aliphatic carbocycles. The van der Waals surface area contributed by atoms with Gasteiger partial charge in [0.1, 0.15) is 11.9 Å². The summed E-state index contributed by atoms with van der Waals surface area (Å²) in [5.41, 5.74) is 5.66. The standard InChI is InChI=1S/C16H19NO2/c1-16(15(18)12-17,13-8-4-2-5-9-13)19-14-10-6-3-7-11-14/h2-11,15,18H,12,17H2,1H3. The van der Waals surface area contributed by atoms with Gasteiger partial charge in [0.05, 0.1) is 0 Å². The third kappa shape index (κ3) is 2.95. The highest BCUT2D eigenvalue weighted by Gasteiger charge is 2.36. The molecule has 2 rings (SSSR count). The van der Waals surface area contributed by atoms with Crippen LogP contribution < -0.4 is 10.5 Å². The van der Waals surface area contributed by atoms with Gasteiger partial charge in [-0.3, -0.25) is 0 Å². The van der Waals surface area contributed by atoms with E-state index in [4.69, 9.17) is 10.5 Å². The van der Waals surface area contributed by atoms with Crippen molar-refractivity contribution in [3.63, 3.8) is 0 Å². The molecule has 3 N–H and O–H groups in total. The van der Waals surface area contributed by atoms with Gasteiger partial charge in [0.2, 0.25) is 0 Å². The molecule has 0 saturated heterocycles. The smallest absolute Gasteiger partial charge is 0.158 e. The number of hydrogen-bond acceptors (Lipinski definition) is 3. The molecule has 0 aliphatic heterocycles. The Kier molecular flexibility index (Phi) is 4.20. The minimum Gasteiger partial charge on any atom is -0.480 e. The Morgan fingerprint density at radius 3 is 2.11 bits per heavy atom. The van der Waals surface area contributed by atoms with Crippen molar-refractivity contribution >= 4 is 0 Å². The van der Waals surface area contributed by atoms with Gasteiger partial charge in [0, 0.05) is 6.54 Å². The monoisotopic (exact) mass is 257 g/mol. The van der Waals surface area contributed by atoms with Gasteiger partial charge in [-0.25, -0.2) is 0 Å². The van der Waals surface area contributed by atoms with E-state index in [1.807, 2.05) is 67.6 Å². The van der Waals surface area contributed by atoms with E-state index in [1.165, 1.54) is 0 Å². The maximum atomic E-state index is 10.2. The number of aliphatic hydroxyl groups excluding tert-OH is 1. The second-order valence-corrected chi connectivity index (χ2v) is 4.64. The summed E-state index contributed by atoms with van der Waals surface area (Å²) in [4.78, 5) is 0. The maximum absolute atomic E-state index is 10.2. The zero-order valence-electron chi connectivity index (χ0n) is 11.0. The number of rotatable bonds is 5. The van der Waals surface area contributed by atoms with E-state index in [9.17, 15) is 5.11 Å². The van der Waals surface area contributed by atoms with Gasteiger partial charge in [-0.05, 0) is 24.6 Å². The van der Waals surface area contributed by atoms with Gasteiger partial charge in [-0.2, -0.15) is 0 Å². The fraction of sp³-hybridized carbons (Fsp3) is 0.250. The Morgan fingerprint density at radius 2 is 1.58 bits per heavy atom. The number of benzene rings is 2. The van der Waals surface area contributed by atoms with E-state index < -0.39 is 11.7 Å². The number of aliphatic hydroxyl groups is 1. The Labute approximate surface area is 113 Å². The first-order valence-corrected chi connectivity index (χ1v) is 6.34. The average molecular weight is 257 g/mol. The molecule has 0 bridgehead atoms. The summed E-state index contributed by atoms with van der Waals surface area (Å²) in [6.45, 7) is 1.99. The molecule has 0 fully saturated rings. The Balaban J connectivity index is 2.36. The summed E-state index contributed by atoms with van der Waals surface area (Å²) < 4.78 is 6.01. The minimum atomic E-state index is -0.864. The molecule has 0 saturated carbocycles. The zero-order chi connectivity index (χ0) is 13.7. The summed E-state index contributed by atoms with van der Waals surface area (Å²) >= 11 is 0. The van der Waals surface area contributed by atoms with Crippen LogP contribution in [0, 0.1) is 0 Å². The first-order chi connectivity index (χ1) is 9.16. The SMILES string of the molecule is CC(Oc1ccccc1)(c1ccccc1)C(O)CN. The lowest BCUT2D eigenvalue weighted by atomic mass is 9.89. The van der Waals surface area contributed by atoms with E-state index in [0.29, 0.717) is 5.75 Å². The predicted molar refractivity (Wildman–Crippen MR) is 75.9 cm³/mol. The molecular formula is C16H19NO2. The predicted octanol–water partition coefficient (Wildman–Crippen LogP) is 2.30. The Hall–Kier alpha value is -1.84.